The maximum absolute atomic E-state index is 12.6. The molecule has 1 N–H and O–H groups in total. The summed E-state index contributed by atoms with van der Waals surface area (Å²) >= 11 is 5.98. The summed E-state index contributed by atoms with van der Waals surface area (Å²) < 4.78 is 0. The SMILES string of the molecule is O=C(Cc1cccc(Cl)c1)N1CCN(c2cc3nc[nH]c(=O)c3cc2[N+](=O)[O-])CC1. The van der Waals surface area contributed by atoms with Crippen molar-refractivity contribution in [3.63, 3.8) is 0 Å². The molecule has 4 rings (SSSR count). The van der Waals surface area contributed by atoms with E-state index in [0.717, 1.165) is 5.56 Å². The Morgan fingerprint density at radius 3 is 2.67 bits per heavy atom. The molecule has 0 radical (unpaired) electrons. The third kappa shape index (κ3) is 3.97. The number of carbonyl (C=O) groups excluding carboxylic acids is 1. The molecule has 1 aromatic heterocycles. The number of H-pyrrole nitrogens is 1. The minimum atomic E-state index is -0.502. The monoisotopic (exact) mass is 427 g/mol. The van der Waals surface area contributed by atoms with Gasteiger partial charge in [0.1, 0.15) is 5.69 Å². The van der Waals surface area contributed by atoms with E-state index in [0.29, 0.717) is 42.4 Å². The van der Waals surface area contributed by atoms with E-state index in [9.17, 15) is 19.7 Å². The van der Waals surface area contributed by atoms with Gasteiger partial charge in [0, 0.05) is 37.3 Å². The number of carbonyl (C=O) groups is 1. The van der Waals surface area contributed by atoms with Crippen molar-refractivity contribution in [3.8, 4) is 0 Å². The average molecular weight is 428 g/mol. The van der Waals surface area contributed by atoms with Crippen LogP contribution in [-0.4, -0.2) is 51.9 Å². The molecule has 154 valence electrons. The highest BCUT2D eigenvalue weighted by Gasteiger charge is 2.27. The summed E-state index contributed by atoms with van der Waals surface area (Å²) in [5.74, 6) is -0.0156. The topological polar surface area (TPSA) is 112 Å². The number of halogens is 1. The highest BCUT2D eigenvalue weighted by Crippen LogP contribution is 2.32. The van der Waals surface area contributed by atoms with E-state index in [1.165, 1.54) is 12.4 Å². The number of nitro benzene ring substituents is 1. The number of aromatic amines is 1. The summed E-state index contributed by atoms with van der Waals surface area (Å²) in [6, 6.07) is 10.0. The highest BCUT2D eigenvalue weighted by molar-refractivity contribution is 6.30. The molecule has 0 unspecified atom stereocenters. The molecule has 9 nitrogen and oxygen atoms in total. The van der Waals surface area contributed by atoms with Crippen LogP contribution in [-0.2, 0) is 11.2 Å². The number of hydrogen-bond donors (Lipinski definition) is 1. The molecule has 1 saturated heterocycles. The number of amides is 1. The van der Waals surface area contributed by atoms with Crippen LogP contribution in [0, 0.1) is 10.1 Å². The van der Waals surface area contributed by atoms with Crippen molar-refractivity contribution in [1.82, 2.24) is 14.9 Å². The first-order valence-electron chi connectivity index (χ1n) is 9.35. The Balaban J connectivity index is 1.51. The molecule has 0 atom stereocenters. The van der Waals surface area contributed by atoms with E-state index in [4.69, 9.17) is 11.6 Å². The summed E-state index contributed by atoms with van der Waals surface area (Å²) in [5.41, 5.74) is 1.05. The quantitative estimate of drug-likeness (QED) is 0.505. The predicted molar refractivity (Wildman–Crippen MR) is 113 cm³/mol. The van der Waals surface area contributed by atoms with Gasteiger partial charge in [0.15, 0.2) is 0 Å². The second-order valence-electron chi connectivity index (χ2n) is 7.02. The van der Waals surface area contributed by atoms with Gasteiger partial charge < -0.3 is 14.8 Å². The van der Waals surface area contributed by atoms with Crippen LogP contribution < -0.4 is 10.5 Å². The van der Waals surface area contributed by atoms with Gasteiger partial charge in [0.05, 0.1) is 28.6 Å². The van der Waals surface area contributed by atoms with Gasteiger partial charge in [-0.15, -0.1) is 0 Å². The summed E-state index contributed by atoms with van der Waals surface area (Å²) in [4.78, 5) is 45.8. The number of piperazine rings is 1. The first kappa shape index (κ1) is 19.8. The molecule has 1 aliphatic rings. The van der Waals surface area contributed by atoms with Gasteiger partial charge in [-0.05, 0) is 23.8 Å². The van der Waals surface area contributed by atoms with E-state index >= 15 is 0 Å². The molecule has 1 aliphatic heterocycles. The maximum atomic E-state index is 12.6. The van der Waals surface area contributed by atoms with Crippen LogP contribution in [0.15, 0.2) is 47.5 Å². The number of hydrogen-bond acceptors (Lipinski definition) is 6. The first-order valence-corrected chi connectivity index (χ1v) is 9.73. The summed E-state index contributed by atoms with van der Waals surface area (Å²) in [7, 11) is 0. The molecule has 0 aliphatic carbocycles. The Morgan fingerprint density at radius 1 is 1.20 bits per heavy atom. The van der Waals surface area contributed by atoms with Crippen molar-refractivity contribution >= 4 is 39.8 Å². The lowest BCUT2D eigenvalue weighted by Gasteiger charge is -2.36. The lowest BCUT2D eigenvalue weighted by Crippen LogP contribution is -2.49. The Bertz CT molecular complexity index is 1190. The molecule has 10 heteroatoms. The van der Waals surface area contributed by atoms with Crippen LogP contribution in [0.3, 0.4) is 0 Å². The van der Waals surface area contributed by atoms with Crippen molar-refractivity contribution in [2.45, 2.75) is 6.42 Å². The van der Waals surface area contributed by atoms with Crippen LogP contribution in [0.2, 0.25) is 5.02 Å². The van der Waals surface area contributed by atoms with Crippen molar-refractivity contribution in [3.05, 3.63) is 73.8 Å². The third-order valence-electron chi connectivity index (χ3n) is 5.15. The summed E-state index contributed by atoms with van der Waals surface area (Å²) in [6.45, 7) is 1.77. The standard InChI is InChI=1S/C20H18ClN5O4/c21-14-3-1-2-13(8-14)9-19(27)25-6-4-24(5-7-25)17-11-16-15(10-18(17)26(29)30)20(28)23-12-22-16/h1-3,8,10-12H,4-7,9H2,(H,22,23,28). The van der Waals surface area contributed by atoms with Gasteiger partial charge >= 0.3 is 0 Å². The van der Waals surface area contributed by atoms with Crippen LogP contribution >= 0.6 is 11.6 Å². The number of nitrogens with one attached hydrogen (secondary N) is 1. The molecule has 1 fully saturated rings. The Hall–Kier alpha value is -3.46. The van der Waals surface area contributed by atoms with E-state index in [1.54, 1.807) is 29.2 Å². The number of nitrogens with zero attached hydrogens (tertiary/aromatic N) is 4. The zero-order chi connectivity index (χ0) is 21.3. The Kier molecular flexibility index (Phi) is 5.37. The van der Waals surface area contributed by atoms with Gasteiger partial charge in [-0.1, -0.05) is 23.7 Å². The smallest absolute Gasteiger partial charge is 0.293 e. The van der Waals surface area contributed by atoms with Gasteiger partial charge in [0.25, 0.3) is 11.2 Å². The highest BCUT2D eigenvalue weighted by atomic mass is 35.5. The third-order valence-corrected chi connectivity index (χ3v) is 5.39. The lowest BCUT2D eigenvalue weighted by atomic mass is 10.1. The van der Waals surface area contributed by atoms with Crippen molar-refractivity contribution < 1.29 is 9.72 Å². The van der Waals surface area contributed by atoms with E-state index in [2.05, 4.69) is 9.97 Å². The van der Waals surface area contributed by atoms with Crippen molar-refractivity contribution in [1.29, 1.82) is 0 Å². The summed E-state index contributed by atoms with van der Waals surface area (Å²) in [5, 5.41) is 12.3. The molecule has 0 saturated carbocycles. The number of fused-ring (bicyclic) bond motifs is 1. The Labute approximate surface area is 176 Å². The largest absolute Gasteiger partial charge is 0.362 e. The molecule has 1 amide bonds. The molecule has 0 bridgehead atoms. The molecule has 2 aromatic carbocycles. The van der Waals surface area contributed by atoms with Crippen molar-refractivity contribution in [2.24, 2.45) is 0 Å². The molecule has 30 heavy (non-hydrogen) atoms. The maximum Gasteiger partial charge on any atom is 0.293 e. The first-order chi connectivity index (χ1) is 14.4. The van der Waals surface area contributed by atoms with Crippen LogP contribution in [0.1, 0.15) is 5.56 Å². The predicted octanol–water partition coefficient (Wildman–Crippen LogP) is 2.38. The minimum absolute atomic E-state index is 0.0156. The van der Waals surface area contributed by atoms with Gasteiger partial charge in [0.2, 0.25) is 5.91 Å². The normalized spacial score (nSPS) is 14.2. The molecule has 0 spiro atoms. The van der Waals surface area contributed by atoms with Gasteiger partial charge in [-0.3, -0.25) is 19.7 Å². The zero-order valence-corrected chi connectivity index (χ0v) is 16.6. The number of benzene rings is 2. The van der Waals surface area contributed by atoms with Crippen LogP contribution in [0.25, 0.3) is 10.9 Å². The fourth-order valence-electron chi connectivity index (χ4n) is 3.62. The minimum Gasteiger partial charge on any atom is -0.362 e. The van der Waals surface area contributed by atoms with E-state index in [-0.39, 0.29) is 23.4 Å². The summed E-state index contributed by atoms with van der Waals surface area (Å²) in [6.07, 6.45) is 1.52. The number of anilines is 1. The fourth-order valence-corrected chi connectivity index (χ4v) is 3.84. The average Bonchev–Trinajstić information content (AvgIpc) is 2.73. The van der Waals surface area contributed by atoms with E-state index in [1.807, 2.05) is 11.0 Å². The fraction of sp³-hybridized carbons (Fsp3) is 0.250. The van der Waals surface area contributed by atoms with Crippen LogP contribution in [0.4, 0.5) is 11.4 Å². The second-order valence-corrected chi connectivity index (χ2v) is 7.46. The van der Waals surface area contributed by atoms with Gasteiger partial charge in [-0.25, -0.2) is 4.98 Å². The number of nitro groups is 1. The van der Waals surface area contributed by atoms with Gasteiger partial charge in [-0.2, -0.15) is 0 Å². The second kappa shape index (κ2) is 8.11. The molecule has 3 aromatic rings. The Morgan fingerprint density at radius 2 is 1.97 bits per heavy atom. The molecular weight excluding hydrogens is 410 g/mol. The molecule has 2 heterocycles. The molecular formula is C20H18ClN5O4. The lowest BCUT2D eigenvalue weighted by molar-refractivity contribution is -0.384. The van der Waals surface area contributed by atoms with E-state index < -0.39 is 10.5 Å². The number of rotatable bonds is 4. The van der Waals surface area contributed by atoms with Crippen LogP contribution in [0.5, 0.6) is 0 Å². The van der Waals surface area contributed by atoms with Crippen molar-refractivity contribution in [2.75, 3.05) is 31.1 Å². The number of aromatic nitrogens is 2. The zero-order valence-electron chi connectivity index (χ0n) is 15.9.